The van der Waals surface area contributed by atoms with Crippen LogP contribution in [0, 0.1) is 6.92 Å². The van der Waals surface area contributed by atoms with E-state index in [0.717, 1.165) is 15.0 Å². The molecule has 0 radical (unpaired) electrons. The van der Waals surface area contributed by atoms with Gasteiger partial charge in [0.15, 0.2) is 0 Å². The number of aromatic carboxylic acids is 1. The molecule has 0 fully saturated rings. The van der Waals surface area contributed by atoms with Crippen LogP contribution in [0.15, 0.2) is 22.4 Å². The van der Waals surface area contributed by atoms with Gasteiger partial charge in [0.25, 0.3) is 0 Å². The predicted octanol–water partition coefficient (Wildman–Crippen LogP) is 1.52. The number of carboxylic acid groups (broad SMARTS) is 1. The lowest BCUT2D eigenvalue weighted by molar-refractivity contribution is 0.0696. The molecule has 0 atom stereocenters. The standard InChI is InChI=1S/C11H10N2O3S/c1-6-3-4-17-9(6)8-7(10(14)15)5-13(2)11(16)12-8/h3-5H,1-2H3,(H,14,15). The predicted molar refractivity (Wildman–Crippen MR) is 64.5 cm³/mol. The number of hydrogen-bond acceptors (Lipinski definition) is 4. The van der Waals surface area contributed by atoms with Gasteiger partial charge in [-0.05, 0) is 23.9 Å². The van der Waals surface area contributed by atoms with Crippen molar-refractivity contribution in [2.75, 3.05) is 0 Å². The molecular formula is C11H10N2O3S. The normalized spacial score (nSPS) is 10.5. The molecule has 0 aliphatic carbocycles. The van der Waals surface area contributed by atoms with Crippen LogP contribution in [-0.2, 0) is 7.05 Å². The fourth-order valence-electron chi connectivity index (χ4n) is 1.49. The first kappa shape index (κ1) is 11.5. The summed E-state index contributed by atoms with van der Waals surface area (Å²) in [5.74, 6) is -1.09. The quantitative estimate of drug-likeness (QED) is 0.877. The van der Waals surface area contributed by atoms with E-state index in [1.807, 2.05) is 18.4 Å². The molecule has 0 saturated heterocycles. The molecule has 6 heteroatoms. The van der Waals surface area contributed by atoms with Crippen molar-refractivity contribution < 1.29 is 9.90 Å². The molecule has 2 heterocycles. The van der Waals surface area contributed by atoms with Crippen molar-refractivity contribution in [1.82, 2.24) is 9.55 Å². The minimum atomic E-state index is -1.09. The third-order valence-corrected chi connectivity index (χ3v) is 3.42. The monoisotopic (exact) mass is 250 g/mol. The third-order valence-electron chi connectivity index (χ3n) is 2.39. The van der Waals surface area contributed by atoms with Crippen LogP contribution in [0.25, 0.3) is 10.6 Å². The lowest BCUT2D eigenvalue weighted by Crippen LogP contribution is -2.22. The summed E-state index contributed by atoms with van der Waals surface area (Å²) in [5, 5.41) is 11.0. The smallest absolute Gasteiger partial charge is 0.347 e. The molecule has 0 bridgehead atoms. The molecule has 0 aliphatic rings. The highest BCUT2D eigenvalue weighted by atomic mass is 32.1. The maximum Gasteiger partial charge on any atom is 0.347 e. The minimum absolute atomic E-state index is 0.0395. The Balaban J connectivity index is 2.77. The Morgan fingerprint density at radius 1 is 1.53 bits per heavy atom. The number of aryl methyl sites for hydroxylation is 2. The van der Waals surface area contributed by atoms with Crippen LogP contribution in [-0.4, -0.2) is 20.6 Å². The third kappa shape index (κ3) is 1.99. The summed E-state index contributed by atoms with van der Waals surface area (Å²) in [7, 11) is 1.48. The van der Waals surface area contributed by atoms with Gasteiger partial charge < -0.3 is 9.67 Å². The van der Waals surface area contributed by atoms with Crippen molar-refractivity contribution in [2.24, 2.45) is 7.05 Å². The molecule has 0 spiro atoms. The zero-order valence-electron chi connectivity index (χ0n) is 9.30. The number of aromatic nitrogens is 2. The van der Waals surface area contributed by atoms with E-state index in [4.69, 9.17) is 5.11 Å². The largest absolute Gasteiger partial charge is 0.478 e. The molecular weight excluding hydrogens is 240 g/mol. The second-order valence-corrected chi connectivity index (χ2v) is 4.55. The van der Waals surface area contributed by atoms with Crippen molar-refractivity contribution in [3.63, 3.8) is 0 Å². The summed E-state index contributed by atoms with van der Waals surface area (Å²) >= 11 is 1.37. The fourth-order valence-corrected chi connectivity index (χ4v) is 2.42. The molecule has 2 aromatic rings. The van der Waals surface area contributed by atoms with Gasteiger partial charge >= 0.3 is 11.7 Å². The minimum Gasteiger partial charge on any atom is -0.478 e. The van der Waals surface area contributed by atoms with E-state index in [1.54, 1.807) is 0 Å². The number of nitrogens with zero attached hydrogens (tertiary/aromatic N) is 2. The van der Waals surface area contributed by atoms with Gasteiger partial charge in [0.05, 0.1) is 4.88 Å². The van der Waals surface area contributed by atoms with Gasteiger partial charge in [-0.15, -0.1) is 11.3 Å². The number of carbonyl (C=O) groups is 1. The summed E-state index contributed by atoms with van der Waals surface area (Å²) < 4.78 is 1.16. The number of thiophene rings is 1. The first-order chi connectivity index (χ1) is 8.00. The topological polar surface area (TPSA) is 72.2 Å². The molecule has 2 aromatic heterocycles. The van der Waals surface area contributed by atoms with E-state index < -0.39 is 11.7 Å². The van der Waals surface area contributed by atoms with Crippen molar-refractivity contribution >= 4 is 17.3 Å². The van der Waals surface area contributed by atoms with Gasteiger partial charge in [-0.25, -0.2) is 9.59 Å². The van der Waals surface area contributed by atoms with Crippen LogP contribution in [0.2, 0.25) is 0 Å². The molecule has 0 unspecified atom stereocenters. The Hall–Kier alpha value is -1.95. The van der Waals surface area contributed by atoms with E-state index in [-0.39, 0.29) is 11.3 Å². The van der Waals surface area contributed by atoms with E-state index in [9.17, 15) is 9.59 Å². The summed E-state index contributed by atoms with van der Waals surface area (Å²) in [5.41, 5.74) is 0.738. The lowest BCUT2D eigenvalue weighted by atomic mass is 10.1. The van der Waals surface area contributed by atoms with Crippen molar-refractivity contribution in [3.8, 4) is 10.6 Å². The summed E-state index contributed by atoms with van der Waals surface area (Å²) in [6.07, 6.45) is 1.30. The van der Waals surface area contributed by atoms with Gasteiger partial charge in [-0.1, -0.05) is 0 Å². The highest BCUT2D eigenvalue weighted by molar-refractivity contribution is 7.13. The molecule has 0 aliphatic heterocycles. The van der Waals surface area contributed by atoms with Crippen LogP contribution >= 0.6 is 11.3 Å². The summed E-state index contributed by atoms with van der Waals surface area (Å²) in [6, 6.07) is 1.87. The Kier molecular flexibility index (Phi) is 2.81. The van der Waals surface area contributed by atoms with Gasteiger partial charge in [-0.3, -0.25) is 0 Å². The molecule has 0 aromatic carbocycles. The highest BCUT2D eigenvalue weighted by Gasteiger charge is 2.17. The second-order valence-electron chi connectivity index (χ2n) is 3.63. The van der Waals surface area contributed by atoms with Gasteiger partial charge in [0.1, 0.15) is 11.3 Å². The van der Waals surface area contributed by atoms with Gasteiger partial charge in [0.2, 0.25) is 0 Å². The zero-order valence-corrected chi connectivity index (χ0v) is 10.1. The van der Waals surface area contributed by atoms with Crippen LogP contribution < -0.4 is 5.69 Å². The van der Waals surface area contributed by atoms with Crippen molar-refractivity contribution in [3.05, 3.63) is 39.3 Å². The molecule has 0 amide bonds. The van der Waals surface area contributed by atoms with Crippen LogP contribution in [0.5, 0.6) is 0 Å². The Morgan fingerprint density at radius 3 is 2.76 bits per heavy atom. The van der Waals surface area contributed by atoms with Crippen LogP contribution in [0.1, 0.15) is 15.9 Å². The van der Waals surface area contributed by atoms with Crippen LogP contribution in [0.4, 0.5) is 0 Å². The molecule has 5 nitrogen and oxygen atoms in total. The molecule has 1 N–H and O–H groups in total. The van der Waals surface area contributed by atoms with E-state index in [2.05, 4.69) is 4.98 Å². The maximum atomic E-state index is 11.5. The lowest BCUT2D eigenvalue weighted by Gasteiger charge is -2.05. The second kappa shape index (κ2) is 4.14. The maximum absolute atomic E-state index is 11.5. The molecule has 2 rings (SSSR count). The number of rotatable bonds is 2. The molecule has 88 valence electrons. The zero-order chi connectivity index (χ0) is 12.6. The highest BCUT2D eigenvalue weighted by Crippen LogP contribution is 2.29. The first-order valence-corrected chi connectivity index (χ1v) is 5.74. The average molecular weight is 250 g/mol. The first-order valence-electron chi connectivity index (χ1n) is 4.86. The summed E-state index contributed by atoms with van der Waals surface area (Å²) in [4.78, 5) is 27.2. The fraction of sp³-hybridized carbons (Fsp3) is 0.182. The van der Waals surface area contributed by atoms with Gasteiger partial charge in [-0.2, -0.15) is 4.98 Å². The van der Waals surface area contributed by atoms with Gasteiger partial charge in [0, 0.05) is 13.2 Å². The van der Waals surface area contributed by atoms with E-state index in [1.165, 1.54) is 24.6 Å². The van der Waals surface area contributed by atoms with Crippen molar-refractivity contribution in [2.45, 2.75) is 6.92 Å². The molecule has 17 heavy (non-hydrogen) atoms. The number of hydrogen-bond donors (Lipinski definition) is 1. The van der Waals surface area contributed by atoms with Crippen LogP contribution in [0.3, 0.4) is 0 Å². The van der Waals surface area contributed by atoms with E-state index >= 15 is 0 Å². The van der Waals surface area contributed by atoms with Crippen molar-refractivity contribution in [1.29, 1.82) is 0 Å². The SMILES string of the molecule is Cc1ccsc1-c1nc(=O)n(C)cc1C(=O)O. The van der Waals surface area contributed by atoms with E-state index in [0.29, 0.717) is 0 Å². The summed E-state index contributed by atoms with van der Waals surface area (Å²) in [6.45, 7) is 1.86. The number of carboxylic acids is 1. The Bertz CT molecular complexity index is 642. The molecule has 0 saturated carbocycles. The Morgan fingerprint density at radius 2 is 2.24 bits per heavy atom. The average Bonchev–Trinajstić information content (AvgIpc) is 2.67. The Labute approximate surface area is 101 Å².